The molecule has 0 fully saturated rings. The van der Waals surface area contributed by atoms with Crippen LogP contribution in [0.25, 0.3) is 123 Å². The van der Waals surface area contributed by atoms with Gasteiger partial charge in [0.1, 0.15) is 22.5 Å². The Labute approximate surface area is 349 Å². The lowest BCUT2D eigenvalue weighted by Crippen LogP contribution is -2.07. The number of aromatic nitrogens is 4. The summed E-state index contributed by atoms with van der Waals surface area (Å²) < 4.78 is 15.5. The molecule has 0 aliphatic heterocycles. The fraction of sp³-hybridized carbons (Fsp3) is 0.0364. The Morgan fingerprint density at radius 2 is 1.16 bits per heavy atom. The molecule has 0 saturated heterocycles. The lowest BCUT2D eigenvalue weighted by Gasteiger charge is -2.14. The molecule has 0 atom stereocenters. The number of hydrogen-bond donors (Lipinski definition) is 0. The molecule has 6 heteroatoms. The minimum Gasteiger partial charge on any atom is -0.456 e. The highest BCUT2D eigenvalue weighted by atomic mass is 16.3. The number of nitrogens with zero attached hydrogens (tertiary/aromatic N) is 4. The number of aryl methyl sites for hydroxylation is 1. The normalized spacial score (nSPS) is 12.7. The topological polar surface area (TPSA) is 69.9 Å². The van der Waals surface area contributed by atoms with Gasteiger partial charge in [-0.1, -0.05) is 140 Å². The molecular weight excluding hydrogens is 749 g/mol. The first-order valence-corrected chi connectivity index (χ1v) is 20.7. The van der Waals surface area contributed by atoms with Gasteiger partial charge in [0.25, 0.3) is 0 Å². The number of fused-ring (bicyclic) bond motifs is 11. The summed E-state index contributed by atoms with van der Waals surface area (Å²) >= 11 is 0. The fourth-order valence-electron chi connectivity index (χ4n) is 9.51. The van der Waals surface area contributed by atoms with Crippen LogP contribution < -0.4 is 0 Å². The van der Waals surface area contributed by atoms with Crippen molar-refractivity contribution in [1.82, 2.24) is 19.5 Å². The maximum absolute atomic E-state index is 6.67. The van der Waals surface area contributed by atoms with Gasteiger partial charge in [-0.05, 0) is 77.4 Å². The van der Waals surface area contributed by atoms with E-state index in [1.165, 1.54) is 5.56 Å². The zero-order valence-corrected chi connectivity index (χ0v) is 32.8. The third-order valence-electron chi connectivity index (χ3n) is 12.3. The van der Waals surface area contributed by atoms with E-state index in [4.69, 9.17) is 23.8 Å². The monoisotopic (exact) mass is 782 g/mol. The summed E-state index contributed by atoms with van der Waals surface area (Å²) in [7, 11) is 0. The molecule has 4 aromatic heterocycles. The highest BCUT2D eigenvalue weighted by Crippen LogP contribution is 2.43. The first-order chi connectivity index (χ1) is 30.2. The molecule has 0 amide bonds. The van der Waals surface area contributed by atoms with Gasteiger partial charge in [0.15, 0.2) is 11.6 Å². The molecule has 0 bridgehead atoms. The van der Waals surface area contributed by atoms with Gasteiger partial charge in [0, 0.05) is 54.6 Å². The Hall–Kier alpha value is -8.09. The van der Waals surface area contributed by atoms with Crippen molar-refractivity contribution in [1.29, 1.82) is 0 Å². The van der Waals surface area contributed by atoms with Crippen molar-refractivity contribution in [2.45, 2.75) is 12.8 Å². The summed E-state index contributed by atoms with van der Waals surface area (Å²) in [6.45, 7) is 0. The van der Waals surface area contributed by atoms with Crippen LogP contribution in [0.5, 0.6) is 0 Å². The lowest BCUT2D eigenvalue weighted by molar-refractivity contribution is 0.598. The van der Waals surface area contributed by atoms with E-state index in [1.54, 1.807) is 0 Å². The second-order valence-corrected chi connectivity index (χ2v) is 15.8. The minimum absolute atomic E-state index is 0.541. The third-order valence-corrected chi connectivity index (χ3v) is 12.3. The molecule has 0 spiro atoms. The summed E-state index contributed by atoms with van der Waals surface area (Å²) in [6, 6.07) is 59.4. The lowest BCUT2D eigenvalue weighted by atomic mass is 9.95. The number of rotatable bonds is 5. The smallest absolute Gasteiger partial charge is 0.238 e. The molecule has 8 aromatic carbocycles. The van der Waals surface area contributed by atoms with E-state index in [2.05, 4.69) is 162 Å². The highest BCUT2D eigenvalue weighted by molar-refractivity contribution is 6.15. The van der Waals surface area contributed by atoms with Gasteiger partial charge in [-0.15, -0.1) is 0 Å². The fourth-order valence-corrected chi connectivity index (χ4v) is 9.51. The van der Waals surface area contributed by atoms with Crippen molar-refractivity contribution < 1.29 is 8.83 Å². The molecule has 286 valence electrons. The molecule has 4 heterocycles. The third kappa shape index (κ3) is 5.25. The molecular formula is C55H34N4O2. The van der Waals surface area contributed by atoms with Crippen LogP contribution in [0, 0.1) is 0 Å². The van der Waals surface area contributed by atoms with E-state index >= 15 is 0 Å². The van der Waals surface area contributed by atoms with Crippen LogP contribution in [0.2, 0.25) is 0 Å². The van der Waals surface area contributed by atoms with E-state index in [-0.39, 0.29) is 0 Å². The molecule has 61 heavy (non-hydrogen) atoms. The SMILES string of the molecule is C1=Cc2oc3c(c(-c4nc(-c5ccccc5)nc(-n5c6ccccc6c6cccc(-c7ccc8c(c7)oc7cc(-c9ccccc9)ccc78)c65)n4)cc4ccccc43)c2CC1. The zero-order valence-electron chi connectivity index (χ0n) is 32.8. The van der Waals surface area contributed by atoms with Crippen molar-refractivity contribution in [2.75, 3.05) is 0 Å². The van der Waals surface area contributed by atoms with Crippen LogP contribution in [-0.4, -0.2) is 19.5 Å². The summed E-state index contributed by atoms with van der Waals surface area (Å²) in [6.07, 6.45) is 6.13. The van der Waals surface area contributed by atoms with Crippen LogP contribution >= 0.6 is 0 Å². The van der Waals surface area contributed by atoms with Crippen LogP contribution in [0.4, 0.5) is 0 Å². The van der Waals surface area contributed by atoms with E-state index in [0.717, 1.165) is 117 Å². The molecule has 0 radical (unpaired) electrons. The Kier molecular flexibility index (Phi) is 7.33. The predicted octanol–water partition coefficient (Wildman–Crippen LogP) is 14.4. The van der Waals surface area contributed by atoms with Crippen molar-refractivity contribution in [3.63, 3.8) is 0 Å². The second kappa shape index (κ2) is 13.2. The van der Waals surface area contributed by atoms with Gasteiger partial charge in [-0.3, -0.25) is 4.57 Å². The number of furan rings is 2. The van der Waals surface area contributed by atoms with Gasteiger partial charge in [0.2, 0.25) is 5.95 Å². The molecule has 12 aromatic rings. The van der Waals surface area contributed by atoms with Gasteiger partial charge >= 0.3 is 0 Å². The zero-order chi connectivity index (χ0) is 40.0. The van der Waals surface area contributed by atoms with Crippen molar-refractivity contribution in [3.8, 4) is 51.0 Å². The molecule has 1 aliphatic rings. The van der Waals surface area contributed by atoms with Crippen LogP contribution in [0.1, 0.15) is 17.7 Å². The maximum atomic E-state index is 6.67. The summed E-state index contributed by atoms with van der Waals surface area (Å²) in [5, 5.41) is 7.61. The first-order valence-electron chi connectivity index (χ1n) is 20.7. The molecule has 6 nitrogen and oxygen atoms in total. The Morgan fingerprint density at radius 1 is 0.475 bits per heavy atom. The minimum atomic E-state index is 0.541. The Morgan fingerprint density at radius 3 is 2.00 bits per heavy atom. The van der Waals surface area contributed by atoms with Crippen LogP contribution in [0.3, 0.4) is 0 Å². The van der Waals surface area contributed by atoms with Crippen molar-refractivity contribution in [3.05, 3.63) is 187 Å². The molecule has 0 unspecified atom stereocenters. The van der Waals surface area contributed by atoms with Crippen molar-refractivity contribution >= 4 is 71.6 Å². The highest BCUT2D eigenvalue weighted by Gasteiger charge is 2.25. The second-order valence-electron chi connectivity index (χ2n) is 15.8. The average molecular weight is 783 g/mol. The van der Waals surface area contributed by atoms with Gasteiger partial charge in [-0.25, -0.2) is 4.98 Å². The Balaban J connectivity index is 1.07. The number of allylic oxidation sites excluding steroid dienone is 1. The predicted molar refractivity (Wildman–Crippen MR) is 248 cm³/mol. The molecule has 13 rings (SSSR count). The van der Waals surface area contributed by atoms with Gasteiger partial charge < -0.3 is 8.83 Å². The van der Waals surface area contributed by atoms with E-state index in [1.807, 2.05) is 24.3 Å². The summed E-state index contributed by atoms with van der Waals surface area (Å²) in [5.41, 5.74) is 12.0. The van der Waals surface area contributed by atoms with E-state index < -0.39 is 0 Å². The first kappa shape index (κ1) is 33.8. The quantitative estimate of drug-likeness (QED) is 0.174. The summed E-state index contributed by atoms with van der Waals surface area (Å²) in [4.78, 5) is 16.1. The number of hydrogen-bond acceptors (Lipinski definition) is 5. The summed E-state index contributed by atoms with van der Waals surface area (Å²) in [5.74, 6) is 2.64. The average Bonchev–Trinajstić information content (AvgIpc) is 4.01. The van der Waals surface area contributed by atoms with Gasteiger partial charge in [0.05, 0.1) is 11.0 Å². The standard InChI is InChI=1S/C55H34N4O2/c1-3-14-33(15-4-1)35-26-28-41-42-29-27-37(32-49(42)60-48(41)31-35)38-22-13-23-43-40-20-9-11-24-46(40)59(51(38)43)55-57-53(34-16-5-2-6-17-34)56-54(58-55)45-30-36-18-7-8-19-39(36)52-50(45)44-21-10-12-25-47(44)61-52/h1-9,11-20,22-32H,10,21H2. The molecule has 0 N–H and O–H groups in total. The van der Waals surface area contributed by atoms with Crippen LogP contribution in [-0.2, 0) is 6.42 Å². The molecule has 1 aliphatic carbocycles. The van der Waals surface area contributed by atoms with Crippen LogP contribution in [0.15, 0.2) is 185 Å². The largest absolute Gasteiger partial charge is 0.456 e. The maximum Gasteiger partial charge on any atom is 0.238 e. The van der Waals surface area contributed by atoms with E-state index in [0.29, 0.717) is 17.6 Å². The number of benzene rings is 8. The van der Waals surface area contributed by atoms with E-state index in [9.17, 15) is 0 Å². The Bertz CT molecular complexity index is 3760. The molecule has 0 saturated carbocycles. The van der Waals surface area contributed by atoms with Gasteiger partial charge in [-0.2, -0.15) is 9.97 Å². The number of para-hydroxylation sites is 2. The van der Waals surface area contributed by atoms with Crippen molar-refractivity contribution in [2.24, 2.45) is 0 Å².